The van der Waals surface area contributed by atoms with Gasteiger partial charge in [-0.15, -0.1) is 0 Å². The van der Waals surface area contributed by atoms with E-state index >= 15 is 0 Å². The molecule has 4 rings (SSSR count). The fraction of sp³-hybridized carbons (Fsp3) is 0.370. The Morgan fingerprint density at radius 2 is 1.62 bits per heavy atom. The molecule has 10 nitrogen and oxygen atoms in total. The second-order valence-corrected chi connectivity index (χ2v) is 9.36. The van der Waals surface area contributed by atoms with Crippen LogP contribution in [0, 0.1) is 17.5 Å². The van der Waals surface area contributed by atoms with Crippen molar-refractivity contribution in [2.24, 2.45) is 5.73 Å². The summed E-state index contributed by atoms with van der Waals surface area (Å²) in [6.07, 6.45) is 2.02. The smallest absolute Gasteiger partial charge is 0.368 e. The largest absolute Gasteiger partial charge is 0.391 e. The van der Waals surface area contributed by atoms with E-state index in [2.05, 4.69) is 24.6 Å². The van der Waals surface area contributed by atoms with Gasteiger partial charge in [0, 0.05) is 50.0 Å². The summed E-state index contributed by atoms with van der Waals surface area (Å²) in [6.45, 7) is 3.99. The van der Waals surface area contributed by atoms with Crippen LogP contribution in [0.15, 0.2) is 41.2 Å². The third kappa shape index (κ3) is 6.37. The minimum Gasteiger partial charge on any atom is -0.368 e. The van der Waals surface area contributed by atoms with Crippen LogP contribution in [0.1, 0.15) is 40.1 Å². The topological polar surface area (TPSA) is 123 Å². The molecule has 2 aromatic carbocycles. The summed E-state index contributed by atoms with van der Waals surface area (Å²) in [5, 5.41) is 0. The number of carbonyl (C=O) groups is 2. The van der Waals surface area contributed by atoms with E-state index in [1.54, 1.807) is 12.1 Å². The first-order chi connectivity index (χ1) is 19.2. The van der Waals surface area contributed by atoms with Gasteiger partial charge in [0.2, 0.25) is 0 Å². The highest BCUT2D eigenvalue weighted by molar-refractivity contribution is 5.98. The number of para-hydroxylation sites is 1. The van der Waals surface area contributed by atoms with Crippen LogP contribution in [0.5, 0.6) is 0 Å². The highest BCUT2D eigenvalue weighted by Crippen LogP contribution is 2.28. The lowest BCUT2D eigenvalue weighted by atomic mass is 10.1. The molecule has 1 fully saturated rings. The lowest BCUT2D eigenvalue weighted by Crippen LogP contribution is -2.47. The van der Waals surface area contributed by atoms with Crippen LogP contribution >= 0.6 is 0 Å². The van der Waals surface area contributed by atoms with Crippen LogP contribution in [-0.2, 0) is 16.3 Å². The third-order valence-electron chi connectivity index (χ3n) is 6.85. The van der Waals surface area contributed by atoms with Gasteiger partial charge in [-0.25, -0.2) is 22.8 Å². The number of nitrogens with two attached hydrogens (primary N) is 1. The number of piperazine rings is 1. The van der Waals surface area contributed by atoms with Gasteiger partial charge in [-0.3, -0.25) is 24.1 Å². The number of aromatic amines is 1. The van der Waals surface area contributed by atoms with Crippen molar-refractivity contribution >= 4 is 17.6 Å². The van der Waals surface area contributed by atoms with Crippen molar-refractivity contribution in [3.8, 4) is 11.3 Å². The lowest BCUT2D eigenvalue weighted by molar-refractivity contribution is -0.216. The molecule has 0 radical (unpaired) electrons. The molecule has 1 aliphatic rings. The predicted octanol–water partition coefficient (Wildman–Crippen LogP) is 3.07. The minimum atomic E-state index is -1.40. The van der Waals surface area contributed by atoms with Gasteiger partial charge in [0.25, 0.3) is 5.91 Å². The molecule has 3 N–H and O–H groups in total. The van der Waals surface area contributed by atoms with E-state index < -0.39 is 46.3 Å². The molecule has 1 amide bonds. The highest BCUT2D eigenvalue weighted by Gasteiger charge is 2.27. The van der Waals surface area contributed by atoms with Crippen molar-refractivity contribution in [3.63, 3.8) is 0 Å². The Labute approximate surface area is 228 Å². The maximum atomic E-state index is 14.6. The normalized spacial score (nSPS) is 13.9. The number of hydrogen-bond donors (Lipinski definition) is 2. The molecular formula is C27H30F3N5O5. The van der Waals surface area contributed by atoms with Crippen LogP contribution < -0.4 is 16.3 Å². The van der Waals surface area contributed by atoms with Gasteiger partial charge in [0.15, 0.2) is 17.3 Å². The standard InChI is InChI=1S/C27H30F3N5O5/c1-39-40-26(37)23-24(18-15-20(29)21(30)16-19(18)28)35(27(38)32-23)10-6-2-5-9-33-11-13-34(14-12-33)22-8-4-3-7-17(22)25(31)36/h3-4,7-8,15-16H,2,5-6,9-14H2,1H3,(H2,31,36)(H,32,38). The monoisotopic (exact) mass is 561 g/mol. The molecule has 0 aliphatic carbocycles. The molecule has 0 atom stereocenters. The fourth-order valence-corrected chi connectivity index (χ4v) is 4.88. The van der Waals surface area contributed by atoms with Crippen LogP contribution in [0.3, 0.4) is 0 Å². The second-order valence-electron chi connectivity index (χ2n) is 9.36. The summed E-state index contributed by atoms with van der Waals surface area (Å²) >= 11 is 0. The first kappa shape index (κ1) is 28.9. The van der Waals surface area contributed by atoms with Gasteiger partial charge in [-0.2, -0.15) is 4.89 Å². The predicted molar refractivity (Wildman–Crippen MR) is 140 cm³/mol. The quantitative estimate of drug-likeness (QED) is 0.160. The molecule has 214 valence electrons. The van der Waals surface area contributed by atoms with Gasteiger partial charge < -0.3 is 10.6 Å². The molecule has 13 heteroatoms. The summed E-state index contributed by atoms with van der Waals surface area (Å²) in [4.78, 5) is 52.3. The van der Waals surface area contributed by atoms with Gasteiger partial charge in [-0.1, -0.05) is 18.6 Å². The average molecular weight is 562 g/mol. The molecule has 1 aromatic heterocycles. The number of nitrogens with one attached hydrogen (secondary N) is 1. The Hall–Kier alpha value is -4.10. The van der Waals surface area contributed by atoms with E-state index in [0.29, 0.717) is 30.5 Å². The second kappa shape index (κ2) is 12.8. The van der Waals surface area contributed by atoms with Crippen molar-refractivity contribution in [1.29, 1.82) is 0 Å². The fourth-order valence-electron chi connectivity index (χ4n) is 4.88. The number of aromatic nitrogens is 2. The van der Waals surface area contributed by atoms with Crippen molar-refractivity contribution in [2.75, 3.05) is 44.7 Å². The van der Waals surface area contributed by atoms with E-state index in [4.69, 9.17) is 5.73 Å². The molecule has 0 spiro atoms. The van der Waals surface area contributed by atoms with E-state index in [0.717, 1.165) is 56.5 Å². The van der Waals surface area contributed by atoms with Crippen LogP contribution in [0.4, 0.5) is 18.9 Å². The zero-order chi connectivity index (χ0) is 28.8. The molecule has 40 heavy (non-hydrogen) atoms. The lowest BCUT2D eigenvalue weighted by Gasteiger charge is -2.36. The van der Waals surface area contributed by atoms with E-state index in [9.17, 15) is 27.6 Å². The van der Waals surface area contributed by atoms with Crippen LogP contribution in [0.2, 0.25) is 0 Å². The number of halogens is 3. The van der Waals surface area contributed by atoms with Crippen molar-refractivity contribution < 1.29 is 32.5 Å². The molecular weight excluding hydrogens is 531 g/mol. The van der Waals surface area contributed by atoms with Gasteiger partial charge in [-0.05, 0) is 37.6 Å². The van der Waals surface area contributed by atoms with Gasteiger partial charge in [0.1, 0.15) is 5.82 Å². The Balaban J connectivity index is 1.36. The summed E-state index contributed by atoms with van der Waals surface area (Å²) in [5.41, 5.74) is 4.95. The summed E-state index contributed by atoms with van der Waals surface area (Å²) in [6, 6.07) is 8.21. The molecule has 2 heterocycles. The SMILES string of the molecule is COOC(=O)c1[nH]c(=O)n(CCCCCN2CCN(c3ccccc3C(N)=O)CC2)c1-c1cc(F)c(F)cc1F. The van der Waals surface area contributed by atoms with Crippen LogP contribution in [0.25, 0.3) is 11.3 Å². The highest BCUT2D eigenvalue weighted by atomic mass is 19.2. The molecule has 1 saturated heterocycles. The van der Waals surface area contributed by atoms with E-state index in [1.807, 2.05) is 12.1 Å². The zero-order valence-electron chi connectivity index (χ0n) is 21.9. The van der Waals surface area contributed by atoms with Gasteiger partial charge in [0.05, 0.1) is 18.4 Å². The average Bonchev–Trinajstić information content (AvgIpc) is 3.26. The molecule has 1 aliphatic heterocycles. The number of imidazole rings is 1. The summed E-state index contributed by atoms with van der Waals surface area (Å²) < 4.78 is 43.2. The van der Waals surface area contributed by atoms with E-state index in [-0.39, 0.29) is 12.2 Å². The number of hydrogen-bond acceptors (Lipinski definition) is 7. The van der Waals surface area contributed by atoms with Crippen molar-refractivity contribution in [2.45, 2.75) is 25.8 Å². The molecule has 0 saturated carbocycles. The van der Waals surface area contributed by atoms with Crippen molar-refractivity contribution in [1.82, 2.24) is 14.5 Å². The molecule has 3 aromatic rings. The first-order valence-electron chi connectivity index (χ1n) is 12.8. The maximum absolute atomic E-state index is 14.6. The van der Waals surface area contributed by atoms with Crippen molar-refractivity contribution in [3.05, 3.63) is 75.6 Å². The maximum Gasteiger partial charge on any atom is 0.391 e. The number of anilines is 1. The third-order valence-corrected chi connectivity index (χ3v) is 6.85. The number of carbonyl (C=O) groups excluding carboxylic acids is 2. The van der Waals surface area contributed by atoms with Gasteiger partial charge >= 0.3 is 11.7 Å². The molecule has 0 bridgehead atoms. The number of benzene rings is 2. The Bertz CT molecular complexity index is 1430. The Morgan fingerprint density at radius 3 is 2.33 bits per heavy atom. The summed E-state index contributed by atoms with van der Waals surface area (Å²) in [5.74, 6) is -5.45. The Morgan fingerprint density at radius 1 is 0.950 bits per heavy atom. The summed E-state index contributed by atoms with van der Waals surface area (Å²) in [7, 11) is 1.07. The number of amides is 1. The Kier molecular flexibility index (Phi) is 9.27. The number of H-pyrrole nitrogens is 1. The zero-order valence-corrected chi connectivity index (χ0v) is 21.9. The molecule has 0 unspecified atom stereocenters. The number of rotatable bonds is 11. The minimum absolute atomic E-state index is 0.0983. The number of unbranched alkanes of at least 4 members (excludes halogenated alkanes) is 2. The number of nitrogens with zero attached hydrogens (tertiary/aromatic N) is 3. The van der Waals surface area contributed by atoms with Crippen LogP contribution in [-0.4, -0.2) is 66.2 Å². The first-order valence-corrected chi connectivity index (χ1v) is 12.8. The number of primary amides is 1. The van der Waals surface area contributed by atoms with E-state index in [1.165, 1.54) is 0 Å².